The monoisotopic (exact) mass is 225 g/mol. The molecule has 0 aliphatic rings. The van der Waals surface area contributed by atoms with E-state index < -0.39 is 17.3 Å². The smallest absolute Gasteiger partial charge is 0.331 e. The summed E-state index contributed by atoms with van der Waals surface area (Å²) in [6, 6.07) is -0.489. The van der Waals surface area contributed by atoms with Crippen LogP contribution in [0.5, 0.6) is 0 Å². The first-order valence-electron chi connectivity index (χ1n) is 4.11. The quantitative estimate of drug-likeness (QED) is 0.798. The fourth-order valence-corrected chi connectivity index (χ4v) is 1.02. The predicted octanol–water partition coefficient (Wildman–Crippen LogP) is 2.16. The minimum atomic E-state index is -3.63. The SMILES string of the molecule is CCCC(N)c1noc(C(F)(F)Cl)n1. The van der Waals surface area contributed by atoms with Crippen LogP contribution < -0.4 is 5.73 Å². The van der Waals surface area contributed by atoms with E-state index in [0.717, 1.165) is 6.42 Å². The standard InChI is InChI=1S/C7H10ClF2N3O/c1-2-3-4(11)5-12-6(14-13-5)7(8,9)10/h4H,2-3,11H2,1H3. The minimum Gasteiger partial charge on any atom is -0.331 e. The summed E-state index contributed by atoms with van der Waals surface area (Å²) < 4.78 is 29.2. The topological polar surface area (TPSA) is 64.9 Å². The van der Waals surface area contributed by atoms with Crippen LogP contribution in [0.2, 0.25) is 0 Å². The highest BCUT2D eigenvalue weighted by atomic mass is 35.5. The van der Waals surface area contributed by atoms with E-state index in [2.05, 4.69) is 26.3 Å². The number of nitrogens with zero attached hydrogens (tertiary/aromatic N) is 2. The van der Waals surface area contributed by atoms with Gasteiger partial charge in [0.25, 0.3) is 0 Å². The van der Waals surface area contributed by atoms with Gasteiger partial charge in [-0.25, -0.2) is 0 Å². The average molecular weight is 226 g/mol. The first-order valence-corrected chi connectivity index (χ1v) is 4.49. The van der Waals surface area contributed by atoms with Crippen LogP contribution in [0.1, 0.15) is 37.5 Å². The highest BCUT2D eigenvalue weighted by molar-refractivity contribution is 6.21. The Hall–Kier alpha value is -0.750. The summed E-state index contributed by atoms with van der Waals surface area (Å²) in [7, 11) is 0. The third kappa shape index (κ3) is 2.62. The van der Waals surface area contributed by atoms with E-state index >= 15 is 0 Å². The Bertz CT molecular complexity index is 299. The molecule has 1 atom stereocenters. The summed E-state index contributed by atoms with van der Waals surface area (Å²) in [5.74, 6) is -0.858. The number of nitrogens with two attached hydrogens (primary N) is 1. The van der Waals surface area contributed by atoms with Gasteiger partial charge in [0.2, 0.25) is 0 Å². The van der Waals surface area contributed by atoms with Crippen molar-refractivity contribution in [3.63, 3.8) is 0 Å². The van der Waals surface area contributed by atoms with Crippen LogP contribution in [0, 0.1) is 0 Å². The third-order valence-corrected chi connectivity index (χ3v) is 1.78. The van der Waals surface area contributed by atoms with Gasteiger partial charge in [-0.3, -0.25) is 0 Å². The van der Waals surface area contributed by atoms with Crippen LogP contribution in [0.4, 0.5) is 8.78 Å². The molecule has 0 fully saturated rings. The summed E-state index contributed by atoms with van der Waals surface area (Å²) in [6.45, 7) is 1.91. The lowest BCUT2D eigenvalue weighted by Gasteiger charge is -2.02. The van der Waals surface area contributed by atoms with Gasteiger partial charge in [-0.15, -0.1) is 0 Å². The molecule has 0 aliphatic carbocycles. The van der Waals surface area contributed by atoms with Crippen LogP contribution in [-0.2, 0) is 5.38 Å². The van der Waals surface area contributed by atoms with Gasteiger partial charge >= 0.3 is 11.3 Å². The summed E-state index contributed by atoms with van der Waals surface area (Å²) in [5.41, 5.74) is 5.59. The van der Waals surface area contributed by atoms with E-state index in [1.807, 2.05) is 6.92 Å². The van der Waals surface area contributed by atoms with E-state index in [1.54, 1.807) is 0 Å². The van der Waals surface area contributed by atoms with E-state index in [-0.39, 0.29) is 5.82 Å². The first-order chi connectivity index (χ1) is 6.45. The van der Waals surface area contributed by atoms with Crippen molar-refractivity contribution in [1.29, 1.82) is 0 Å². The molecule has 4 nitrogen and oxygen atoms in total. The molecule has 0 bridgehead atoms. The van der Waals surface area contributed by atoms with Gasteiger partial charge < -0.3 is 10.3 Å². The molecule has 1 aromatic rings. The van der Waals surface area contributed by atoms with Crippen LogP contribution in [0.3, 0.4) is 0 Å². The Morgan fingerprint density at radius 2 is 2.29 bits per heavy atom. The maximum absolute atomic E-state index is 12.4. The van der Waals surface area contributed by atoms with Crippen molar-refractivity contribution in [2.75, 3.05) is 0 Å². The molecular weight excluding hydrogens is 216 g/mol. The minimum absolute atomic E-state index is 0.0576. The molecule has 0 saturated carbocycles. The zero-order valence-electron chi connectivity index (χ0n) is 7.51. The number of hydrogen-bond acceptors (Lipinski definition) is 4. The zero-order valence-corrected chi connectivity index (χ0v) is 8.26. The van der Waals surface area contributed by atoms with Crippen molar-refractivity contribution in [3.8, 4) is 0 Å². The summed E-state index contributed by atoms with van der Waals surface area (Å²) in [5, 5.41) is -0.302. The van der Waals surface area contributed by atoms with Crippen molar-refractivity contribution < 1.29 is 13.3 Å². The number of rotatable bonds is 4. The molecule has 0 aromatic carbocycles. The van der Waals surface area contributed by atoms with E-state index in [0.29, 0.717) is 6.42 Å². The molecule has 7 heteroatoms. The van der Waals surface area contributed by atoms with E-state index in [9.17, 15) is 8.78 Å². The summed E-state index contributed by atoms with van der Waals surface area (Å²) in [6.07, 6.45) is 1.41. The number of aromatic nitrogens is 2. The molecule has 1 aromatic heterocycles. The van der Waals surface area contributed by atoms with Crippen molar-refractivity contribution in [3.05, 3.63) is 11.7 Å². The Kier molecular flexibility index (Phi) is 3.38. The Balaban J connectivity index is 2.78. The highest BCUT2D eigenvalue weighted by Gasteiger charge is 2.36. The lowest BCUT2D eigenvalue weighted by atomic mass is 10.2. The molecule has 0 radical (unpaired) electrons. The summed E-state index contributed by atoms with van der Waals surface area (Å²) in [4.78, 5) is 3.42. The van der Waals surface area contributed by atoms with Crippen molar-refractivity contribution in [2.45, 2.75) is 31.2 Å². The second-order valence-electron chi connectivity index (χ2n) is 2.85. The van der Waals surface area contributed by atoms with Gasteiger partial charge in [-0.2, -0.15) is 13.8 Å². The fourth-order valence-electron chi connectivity index (χ4n) is 0.941. The average Bonchev–Trinajstić information content (AvgIpc) is 2.51. The van der Waals surface area contributed by atoms with E-state index in [1.165, 1.54) is 0 Å². The molecule has 1 rings (SSSR count). The van der Waals surface area contributed by atoms with Crippen LogP contribution in [-0.4, -0.2) is 10.1 Å². The fraction of sp³-hybridized carbons (Fsp3) is 0.714. The second kappa shape index (κ2) is 4.18. The molecule has 0 saturated heterocycles. The van der Waals surface area contributed by atoms with Gasteiger partial charge in [0.1, 0.15) is 0 Å². The van der Waals surface area contributed by atoms with Gasteiger partial charge in [-0.05, 0) is 18.0 Å². The molecule has 0 aliphatic heterocycles. The van der Waals surface area contributed by atoms with Gasteiger partial charge in [0, 0.05) is 0 Å². The van der Waals surface area contributed by atoms with Gasteiger partial charge in [0.15, 0.2) is 5.82 Å². The third-order valence-electron chi connectivity index (χ3n) is 1.62. The number of alkyl halides is 3. The Morgan fingerprint density at radius 3 is 2.71 bits per heavy atom. The molecule has 14 heavy (non-hydrogen) atoms. The summed E-state index contributed by atoms with van der Waals surface area (Å²) >= 11 is 4.68. The van der Waals surface area contributed by atoms with Crippen molar-refractivity contribution >= 4 is 11.6 Å². The highest BCUT2D eigenvalue weighted by Crippen LogP contribution is 2.31. The Morgan fingerprint density at radius 1 is 1.64 bits per heavy atom. The maximum atomic E-state index is 12.4. The number of hydrogen-bond donors (Lipinski definition) is 1. The molecule has 0 amide bonds. The largest absolute Gasteiger partial charge is 0.400 e. The Labute approximate surface area is 84.4 Å². The first kappa shape index (κ1) is 11.3. The normalized spacial score (nSPS) is 14.4. The molecule has 0 spiro atoms. The lowest BCUT2D eigenvalue weighted by molar-refractivity contribution is 0.0550. The molecular formula is C7H10ClF2N3O. The lowest BCUT2D eigenvalue weighted by Crippen LogP contribution is -2.12. The number of halogens is 3. The van der Waals surface area contributed by atoms with E-state index in [4.69, 9.17) is 5.73 Å². The van der Waals surface area contributed by atoms with Crippen LogP contribution in [0.25, 0.3) is 0 Å². The van der Waals surface area contributed by atoms with Crippen molar-refractivity contribution in [1.82, 2.24) is 10.1 Å². The molecule has 1 unspecified atom stereocenters. The van der Waals surface area contributed by atoms with Gasteiger partial charge in [-0.1, -0.05) is 18.5 Å². The van der Waals surface area contributed by atoms with Gasteiger partial charge in [0.05, 0.1) is 6.04 Å². The predicted molar refractivity (Wildman–Crippen MR) is 45.9 cm³/mol. The second-order valence-corrected chi connectivity index (χ2v) is 3.33. The zero-order chi connectivity index (χ0) is 10.8. The maximum Gasteiger partial charge on any atom is 0.400 e. The molecule has 1 heterocycles. The van der Waals surface area contributed by atoms with Crippen LogP contribution in [0.15, 0.2) is 4.52 Å². The molecule has 80 valence electrons. The van der Waals surface area contributed by atoms with Crippen LogP contribution >= 0.6 is 11.6 Å². The van der Waals surface area contributed by atoms with Crippen molar-refractivity contribution in [2.24, 2.45) is 5.73 Å². The molecule has 2 N–H and O–H groups in total.